The second-order valence-corrected chi connectivity index (χ2v) is 12.2. The van der Waals surface area contributed by atoms with Crippen LogP contribution in [0.2, 0.25) is 0 Å². The molecule has 252 valence electrons. The van der Waals surface area contributed by atoms with Crippen LogP contribution in [0.15, 0.2) is 42.9 Å². The minimum atomic E-state index is -1.61. The fraction of sp³-hybridized carbons (Fsp3) is 0.500. The highest BCUT2D eigenvalue weighted by Gasteiger charge is 2.33. The molecule has 1 aromatic heterocycles. The lowest BCUT2D eigenvalue weighted by Gasteiger charge is -2.26. The number of nitrogens with two attached hydrogens (primary N) is 1. The molecular weight excluding hydrogens is 618 g/mol. The van der Waals surface area contributed by atoms with E-state index in [9.17, 15) is 39.0 Å². The van der Waals surface area contributed by atoms with Gasteiger partial charge in [-0.25, -0.2) is 9.78 Å². The Labute approximate surface area is 271 Å². The van der Waals surface area contributed by atoms with Crippen molar-refractivity contribution >= 4 is 47.3 Å². The van der Waals surface area contributed by atoms with Gasteiger partial charge in [0, 0.05) is 24.7 Å². The molecule has 5 atom stereocenters. The van der Waals surface area contributed by atoms with Crippen LogP contribution in [0.5, 0.6) is 0 Å². The van der Waals surface area contributed by atoms with E-state index in [4.69, 9.17) is 5.73 Å². The van der Waals surface area contributed by atoms with Crippen molar-refractivity contribution in [3.05, 3.63) is 54.1 Å². The number of H-pyrrole nitrogens is 1. The van der Waals surface area contributed by atoms with Crippen LogP contribution in [-0.2, 0) is 41.6 Å². The lowest BCUT2D eigenvalue weighted by atomic mass is 10.0. The van der Waals surface area contributed by atoms with Crippen LogP contribution in [-0.4, -0.2) is 98.0 Å². The predicted molar refractivity (Wildman–Crippen MR) is 170 cm³/mol. The van der Waals surface area contributed by atoms with E-state index in [-0.39, 0.29) is 31.6 Å². The Balaban J connectivity index is 2.17. The Morgan fingerprint density at radius 2 is 1.43 bits per heavy atom. The van der Waals surface area contributed by atoms with Crippen LogP contribution in [0.4, 0.5) is 0 Å². The zero-order valence-corrected chi connectivity index (χ0v) is 26.8. The zero-order chi connectivity index (χ0) is 34.2. The number of benzene rings is 1. The number of hydrogen-bond donors (Lipinski definition) is 8. The van der Waals surface area contributed by atoms with Crippen molar-refractivity contribution in [1.82, 2.24) is 31.2 Å². The number of amides is 4. The third-order valence-corrected chi connectivity index (χ3v) is 7.47. The smallest absolute Gasteiger partial charge is 0.326 e. The minimum absolute atomic E-state index is 0.00267. The maximum absolute atomic E-state index is 13.3. The number of hydrogen-bond acceptors (Lipinski definition) is 9. The number of nitrogens with one attached hydrogen (secondary N) is 5. The lowest BCUT2D eigenvalue weighted by Crippen LogP contribution is -2.59. The van der Waals surface area contributed by atoms with Gasteiger partial charge in [-0.3, -0.25) is 24.0 Å². The van der Waals surface area contributed by atoms with E-state index in [1.807, 2.05) is 13.8 Å². The predicted octanol–water partition coefficient (Wildman–Crippen LogP) is -0.180. The van der Waals surface area contributed by atoms with Gasteiger partial charge in [0.2, 0.25) is 23.6 Å². The van der Waals surface area contributed by atoms with Gasteiger partial charge in [0.1, 0.15) is 24.2 Å². The monoisotopic (exact) mass is 661 g/mol. The SMILES string of the molecule is CSCC[C@H](NC(=O)[C@H](CC(=O)O)NC(=O)[C@H](CC(C)C)NC(=O)[C@@H](N)Cc1cnc[nH]1)C(=O)N[C@@H](Cc1ccccc1)C(=O)O. The van der Waals surface area contributed by atoms with Gasteiger partial charge in [0.25, 0.3) is 0 Å². The van der Waals surface area contributed by atoms with Gasteiger partial charge in [-0.2, -0.15) is 11.8 Å². The lowest BCUT2D eigenvalue weighted by molar-refractivity contribution is -0.143. The number of carboxylic acid groups (broad SMARTS) is 2. The van der Waals surface area contributed by atoms with Crippen molar-refractivity contribution in [2.45, 2.75) is 76.2 Å². The summed E-state index contributed by atoms with van der Waals surface area (Å²) in [5.74, 6) is -5.52. The highest BCUT2D eigenvalue weighted by molar-refractivity contribution is 7.98. The van der Waals surface area contributed by atoms with Crippen molar-refractivity contribution < 1.29 is 39.0 Å². The summed E-state index contributed by atoms with van der Waals surface area (Å²) in [5.41, 5.74) is 7.30. The maximum Gasteiger partial charge on any atom is 0.326 e. The van der Waals surface area contributed by atoms with Gasteiger partial charge in [0.15, 0.2) is 0 Å². The zero-order valence-electron chi connectivity index (χ0n) is 26.0. The first-order valence-electron chi connectivity index (χ1n) is 14.7. The van der Waals surface area contributed by atoms with E-state index in [0.717, 1.165) is 0 Å². The highest BCUT2D eigenvalue weighted by Crippen LogP contribution is 2.09. The molecule has 4 amide bonds. The van der Waals surface area contributed by atoms with Crippen LogP contribution < -0.4 is 27.0 Å². The molecule has 16 heteroatoms. The molecule has 0 aliphatic rings. The topological polar surface area (TPSA) is 246 Å². The fourth-order valence-corrected chi connectivity index (χ4v) is 4.93. The largest absolute Gasteiger partial charge is 0.481 e. The number of aromatic amines is 1. The first kappa shape index (κ1) is 37.7. The summed E-state index contributed by atoms with van der Waals surface area (Å²) >= 11 is 1.38. The van der Waals surface area contributed by atoms with E-state index in [1.54, 1.807) is 36.6 Å². The van der Waals surface area contributed by atoms with Gasteiger partial charge in [-0.15, -0.1) is 0 Å². The fourth-order valence-electron chi connectivity index (χ4n) is 4.46. The van der Waals surface area contributed by atoms with E-state index in [0.29, 0.717) is 17.0 Å². The van der Waals surface area contributed by atoms with Crippen LogP contribution in [0, 0.1) is 5.92 Å². The molecule has 0 unspecified atom stereocenters. The molecule has 15 nitrogen and oxygen atoms in total. The van der Waals surface area contributed by atoms with Crippen LogP contribution in [0.3, 0.4) is 0 Å². The minimum Gasteiger partial charge on any atom is -0.481 e. The van der Waals surface area contributed by atoms with Gasteiger partial charge >= 0.3 is 11.9 Å². The standard InChI is InChI=1S/C30H43N7O8S/c1-17(2)11-22(35-26(40)20(31)13-19-15-32-16-33-19)28(42)36-23(14-25(38)39)29(43)34-21(9-10-46-3)27(41)37-24(30(44)45)12-18-7-5-4-6-8-18/h4-8,15-17,20-24H,9-14,31H2,1-3H3,(H,32,33)(H,34,43)(H,35,40)(H,36,42)(H,37,41)(H,38,39)(H,44,45)/t20-,21-,22-,23-,24-/m0/s1. The van der Waals surface area contributed by atoms with Gasteiger partial charge in [0.05, 0.1) is 18.8 Å². The molecular formula is C30H43N7O8S. The number of thioether (sulfide) groups is 1. The van der Waals surface area contributed by atoms with E-state index in [2.05, 4.69) is 31.2 Å². The Morgan fingerprint density at radius 3 is 2.00 bits per heavy atom. The average Bonchev–Trinajstić information content (AvgIpc) is 3.51. The maximum atomic E-state index is 13.3. The molecule has 0 saturated carbocycles. The number of carboxylic acids is 2. The van der Waals surface area contributed by atoms with E-state index in [1.165, 1.54) is 24.3 Å². The normalized spacial score (nSPS) is 14.3. The summed E-state index contributed by atoms with van der Waals surface area (Å²) in [6.45, 7) is 3.63. The molecule has 2 aromatic rings. The Kier molecular flexibility index (Phi) is 15.7. The first-order chi connectivity index (χ1) is 21.8. The molecule has 1 heterocycles. The third-order valence-electron chi connectivity index (χ3n) is 6.82. The number of aliphatic carboxylic acids is 2. The second-order valence-electron chi connectivity index (χ2n) is 11.2. The van der Waals surface area contributed by atoms with Crippen LogP contribution >= 0.6 is 11.8 Å². The summed E-state index contributed by atoms with van der Waals surface area (Å²) in [6.07, 6.45) is 4.30. The summed E-state index contributed by atoms with van der Waals surface area (Å²) < 4.78 is 0. The highest BCUT2D eigenvalue weighted by atomic mass is 32.2. The average molecular weight is 662 g/mol. The van der Waals surface area contributed by atoms with Gasteiger partial charge < -0.3 is 42.2 Å². The third kappa shape index (κ3) is 13.3. The quantitative estimate of drug-likeness (QED) is 0.0925. The van der Waals surface area contributed by atoms with Gasteiger partial charge in [-0.05, 0) is 36.3 Å². The molecule has 1 aromatic carbocycles. The second kappa shape index (κ2) is 19.2. The number of carbonyl (C=O) groups is 6. The van der Waals surface area contributed by atoms with Crippen molar-refractivity contribution in [1.29, 1.82) is 0 Å². The first-order valence-corrected chi connectivity index (χ1v) is 16.1. The molecule has 0 aliphatic carbocycles. The Hall–Kier alpha value is -4.44. The summed E-state index contributed by atoms with van der Waals surface area (Å²) in [5, 5.41) is 29.1. The van der Waals surface area contributed by atoms with Gasteiger partial charge in [-0.1, -0.05) is 44.2 Å². The van der Waals surface area contributed by atoms with Crippen LogP contribution in [0.1, 0.15) is 44.4 Å². The molecule has 2 rings (SSSR count). The molecule has 46 heavy (non-hydrogen) atoms. The van der Waals surface area contributed by atoms with E-state index < -0.39 is 72.2 Å². The number of nitrogens with zero attached hydrogens (tertiary/aromatic N) is 1. The molecule has 0 aliphatic heterocycles. The Morgan fingerprint density at radius 1 is 0.848 bits per heavy atom. The Bertz CT molecular complexity index is 1310. The molecule has 0 radical (unpaired) electrons. The summed E-state index contributed by atoms with van der Waals surface area (Å²) in [4.78, 5) is 83.0. The molecule has 0 fully saturated rings. The van der Waals surface area contributed by atoms with Crippen molar-refractivity contribution in [2.75, 3.05) is 12.0 Å². The summed E-state index contributed by atoms with van der Waals surface area (Å²) in [6, 6.07) is 2.39. The molecule has 0 bridgehead atoms. The molecule has 9 N–H and O–H groups in total. The number of rotatable bonds is 20. The van der Waals surface area contributed by atoms with Crippen molar-refractivity contribution in [3.8, 4) is 0 Å². The molecule has 0 spiro atoms. The summed E-state index contributed by atoms with van der Waals surface area (Å²) in [7, 11) is 0. The van der Waals surface area contributed by atoms with E-state index >= 15 is 0 Å². The number of aromatic nitrogens is 2. The molecule has 0 saturated heterocycles. The van der Waals surface area contributed by atoms with Crippen LogP contribution in [0.25, 0.3) is 0 Å². The van der Waals surface area contributed by atoms with Crippen molar-refractivity contribution in [3.63, 3.8) is 0 Å². The number of carbonyl (C=O) groups excluding carboxylic acids is 4. The van der Waals surface area contributed by atoms with Crippen molar-refractivity contribution in [2.24, 2.45) is 11.7 Å². The number of imidazole rings is 1.